The lowest BCUT2D eigenvalue weighted by Crippen LogP contribution is -2.43. The molecule has 1 rings (SSSR count). The number of nitrogens with one attached hydrogen (secondary N) is 2. The number of aromatic nitrogens is 1. The first-order valence-electron chi connectivity index (χ1n) is 5.03. The standard InChI is InChI=1S/C9H15N3O4S2/c1-5-6(8(13)14)7(17-10-5)11-18(15,16)12-9(2,3)4/h11-12H,1-4H3,(H,13,14). The van der Waals surface area contributed by atoms with E-state index in [4.69, 9.17) is 5.11 Å². The van der Waals surface area contributed by atoms with Crippen molar-refractivity contribution >= 4 is 32.7 Å². The van der Waals surface area contributed by atoms with Gasteiger partial charge in [-0.3, -0.25) is 4.72 Å². The molecule has 18 heavy (non-hydrogen) atoms. The fraction of sp³-hybridized carbons (Fsp3) is 0.556. The number of carboxylic acids is 1. The number of carbonyl (C=O) groups is 1. The molecule has 1 aromatic rings. The summed E-state index contributed by atoms with van der Waals surface area (Å²) in [5.41, 5.74) is -0.505. The number of anilines is 1. The van der Waals surface area contributed by atoms with E-state index in [1.54, 1.807) is 20.8 Å². The van der Waals surface area contributed by atoms with Gasteiger partial charge >= 0.3 is 5.97 Å². The van der Waals surface area contributed by atoms with Gasteiger partial charge in [-0.1, -0.05) is 0 Å². The van der Waals surface area contributed by atoms with Crippen LogP contribution in [0.4, 0.5) is 5.00 Å². The summed E-state index contributed by atoms with van der Waals surface area (Å²) in [6.45, 7) is 6.56. The highest BCUT2D eigenvalue weighted by molar-refractivity contribution is 7.91. The maximum absolute atomic E-state index is 11.8. The predicted octanol–water partition coefficient (Wildman–Crippen LogP) is 1.19. The summed E-state index contributed by atoms with van der Waals surface area (Å²) >= 11 is 0.796. The average Bonchev–Trinajstić information content (AvgIpc) is 2.40. The first-order valence-corrected chi connectivity index (χ1v) is 7.29. The Hall–Kier alpha value is -1.19. The molecule has 9 heteroatoms. The quantitative estimate of drug-likeness (QED) is 0.773. The summed E-state index contributed by atoms with van der Waals surface area (Å²) in [5, 5.41) is 8.97. The zero-order valence-corrected chi connectivity index (χ0v) is 12.1. The minimum atomic E-state index is -3.83. The summed E-state index contributed by atoms with van der Waals surface area (Å²) in [6.07, 6.45) is 0. The van der Waals surface area contributed by atoms with Crippen LogP contribution in [0.1, 0.15) is 36.8 Å². The number of carboxylic acid groups (broad SMARTS) is 1. The summed E-state index contributed by atoms with van der Waals surface area (Å²) in [6, 6.07) is 0. The first-order chi connectivity index (χ1) is 8.02. The molecule has 1 aromatic heterocycles. The van der Waals surface area contributed by atoms with E-state index in [0.29, 0.717) is 0 Å². The van der Waals surface area contributed by atoms with Gasteiger partial charge in [0.05, 0.1) is 5.69 Å². The Morgan fingerprint density at radius 3 is 2.39 bits per heavy atom. The van der Waals surface area contributed by atoms with Crippen LogP contribution in [0.15, 0.2) is 0 Å². The summed E-state index contributed by atoms with van der Waals surface area (Å²) in [5.74, 6) is -1.21. The molecule has 0 radical (unpaired) electrons. The predicted molar refractivity (Wildman–Crippen MR) is 69.2 cm³/mol. The highest BCUT2D eigenvalue weighted by Gasteiger charge is 2.24. The van der Waals surface area contributed by atoms with Crippen molar-refractivity contribution in [3.63, 3.8) is 0 Å². The van der Waals surface area contributed by atoms with Gasteiger partial charge in [0.1, 0.15) is 10.6 Å². The van der Waals surface area contributed by atoms with Crippen molar-refractivity contribution in [3.05, 3.63) is 11.3 Å². The smallest absolute Gasteiger partial charge is 0.340 e. The van der Waals surface area contributed by atoms with Gasteiger partial charge in [0.2, 0.25) is 0 Å². The van der Waals surface area contributed by atoms with E-state index in [9.17, 15) is 13.2 Å². The first kappa shape index (κ1) is 14.9. The molecule has 0 aromatic carbocycles. The van der Waals surface area contributed by atoms with Gasteiger partial charge in [0.15, 0.2) is 0 Å². The fourth-order valence-corrected chi connectivity index (χ4v) is 3.57. The Morgan fingerprint density at radius 2 is 1.94 bits per heavy atom. The number of rotatable bonds is 4. The second kappa shape index (κ2) is 4.82. The number of aromatic carboxylic acids is 1. The third-order valence-electron chi connectivity index (χ3n) is 1.74. The van der Waals surface area contributed by atoms with E-state index in [1.165, 1.54) is 6.92 Å². The van der Waals surface area contributed by atoms with Gasteiger partial charge in [-0.15, -0.1) is 0 Å². The Morgan fingerprint density at radius 1 is 1.39 bits per heavy atom. The highest BCUT2D eigenvalue weighted by atomic mass is 32.2. The third kappa shape index (κ3) is 3.93. The van der Waals surface area contributed by atoms with Crippen molar-refractivity contribution in [3.8, 4) is 0 Å². The highest BCUT2D eigenvalue weighted by Crippen LogP contribution is 2.25. The van der Waals surface area contributed by atoms with Gasteiger partial charge in [-0.05, 0) is 39.2 Å². The van der Waals surface area contributed by atoms with Crippen LogP contribution < -0.4 is 9.44 Å². The van der Waals surface area contributed by atoms with E-state index >= 15 is 0 Å². The Balaban J connectivity index is 3.02. The van der Waals surface area contributed by atoms with E-state index in [-0.39, 0.29) is 16.3 Å². The van der Waals surface area contributed by atoms with Crippen LogP contribution in [0.2, 0.25) is 0 Å². The molecule has 0 fully saturated rings. The molecule has 3 N–H and O–H groups in total. The van der Waals surface area contributed by atoms with E-state index in [1.807, 2.05) is 0 Å². The molecular formula is C9H15N3O4S2. The number of nitrogens with zero attached hydrogens (tertiary/aromatic N) is 1. The number of hydrogen-bond donors (Lipinski definition) is 3. The zero-order chi connectivity index (χ0) is 14.1. The summed E-state index contributed by atoms with van der Waals surface area (Å²) in [7, 11) is -3.83. The SMILES string of the molecule is Cc1nsc(NS(=O)(=O)NC(C)(C)C)c1C(=O)O. The number of hydrogen-bond acceptors (Lipinski definition) is 5. The molecule has 0 aliphatic carbocycles. The summed E-state index contributed by atoms with van der Waals surface area (Å²) in [4.78, 5) is 11.0. The molecule has 0 amide bonds. The molecule has 1 heterocycles. The van der Waals surface area contributed by atoms with Gasteiger partial charge in [0, 0.05) is 5.54 Å². The molecule has 0 saturated heterocycles. The van der Waals surface area contributed by atoms with Gasteiger partial charge < -0.3 is 5.11 Å². The van der Waals surface area contributed by atoms with Crippen LogP contribution >= 0.6 is 11.5 Å². The van der Waals surface area contributed by atoms with Crippen molar-refractivity contribution in [2.45, 2.75) is 33.2 Å². The summed E-state index contributed by atoms with van der Waals surface area (Å²) < 4.78 is 31.9. The van der Waals surface area contributed by atoms with E-state index in [2.05, 4.69) is 13.8 Å². The molecule has 0 aliphatic rings. The van der Waals surface area contributed by atoms with Crippen LogP contribution in [0.5, 0.6) is 0 Å². The van der Waals surface area contributed by atoms with Crippen LogP contribution in [0, 0.1) is 6.92 Å². The molecule has 0 unspecified atom stereocenters. The lowest BCUT2D eigenvalue weighted by atomic mass is 10.1. The Labute approximate surface area is 110 Å². The maximum atomic E-state index is 11.8. The fourth-order valence-electron chi connectivity index (χ4n) is 1.24. The average molecular weight is 293 g/mol. The van der Waals surface area contributed by atoms with Gasteiger partial charge in [-0.25, -0.2) is 4.79 Å². The molecule has 102 valence electrons. The molecule has 0 atom stereocenters. The van der Waals surface area contributed by atoms with Crippen LogP contribution in [0.3, 0.4) is 0 Å². The topological polar surface area (TPSA) is 108 Å². The van der Waals surface area contributed by atoms with Crippen LogP contribution in [-0.2, 0) is 10.2 Å². The van der Waals surface area contributed by atoms with Crippen molar-refractivity contribution in [2.24, 2.45) is 0 Å². The minimum absolute atomic E-state index is 0.00301. The second-order valence-electron chi connectivity index (χ2n) is 4.73. The van der Waals surface area contributed by atoms with Crippen LogP contribution in [0.25, 0.3) is 0 Å². The molecule has 0 bridgehead atoms. The molecule has 0 saturated carbocycles. The van der Waals surface area contributed by atoms with Crippen molar-refractivity contribution in [1.29, 1.82) is 0 Å². The molecular weight excluding hydrogens is 278 g/mol. The van der Waals surface area contributed by atoms with E-state index < -0.39 is 21.7 Å². The van der Waals surface area contributed by atoms with E-state index in [0.717, 1.165) is 11.5 Å². The normalized spacial score (nSPS) is 12.4. The lowest BCUT2D eigenvalue weighted by Gasteiger charge is -2.20. The maximum Gasteiger partial charge on any atom is 0.340 e. The minimum Gasteiger partial charge on any atom is -0.478 e. The third-order valence-corrected chi connectivity index (χ3v) is 4.08. The molecule has 0 aliphatic heterocycles. The second-order valence-corrected chi connectivity index (χ2v) is 6.92. The van der Waals surface area contributed by atoms with Gasteiger partial charge in [-0.2, -0.15) is 17.5 Å². The molecule has 7 nitrogen and oxygen atoms in total. The van der Waals surface area contributed by atoms with Crippen LogP contribution in [-0.4, -0.2) is 29.4 Å². The number of aryl methyl sites for hydroxylation is 1. The van der Waals surface area contributed by atoms with Crippen molar-refractivity contribution in [2.75, 3.05) is 4.72 Å². The monoisotopic (exact) mass is 293 g/mol. The lowest BCUT2D eigenvalue weighted by molar-refractivity contribution is 0.0697. The Bertz CT molecular complexity index is 557. The van der Waals surface area contributed by atoms with Crippen molar-refractivity contribution in [1.82, 2.24) is 9.10 Å². The molecule has 0 spiro atoms. The van der Waals surface area contributed by atoms with Crippen molar-refractivity contribution < 1.29 is 18.3 Å². The van der Waals surface area contributed by atoms with Gasteiger partial charge in [0.25, 0.3) is 10.2 Å². The zero-order valence-electron chi connectivity index (χ0n) is 10.4. The Kier molecular flexibility index (Phi) is 3.99. The largest absolute Gasteiger partial charge is 0.478 e.